The molecule has 3 aliphatic heterocycles. The van der Waals surface area contributed by atoms with Crippen molar-refractivity contribution in [3.05, 3.63) is 35.9 Å². The maximum atomic E-state index is 12.8. The topological polar surface area (TPSA) is 32.8 Å². The summed E-state index contributed by atoms with van der Waals surface area (Å²) in [5.74, 6) is 0.955. The van der Waals surface area contributed by atoms with Gasteiger partial charge in [0.25, 0.3) is 0 Å². The Morgan fingerprint density at radius 1 is 1.04 bits per heavy atom. The van der Waals surface area contributed by atoms with Crippen molar-refractivity contribution >= 4 is 5.91 Å². The van der Waals surface area contributed by atoms with Crippen LogP contribution in [0.4, 0.5) is 0 Å². The van der Waals surface area contributed by atoms with Crippen molar-refractivity contribution in [2.24, 2.45) is 5.92 Å². The highest BCUT2D eigenvalue weighted by Gasteiger charge is 2.41. The van der Waals surface area contributed by atoms with E-state index in [-0.39, 0.29) is 0 Å². The molecule has 3 aliphatic rings. The van der Waals surface area contributed by atoms with Gasteiger partial charge in [-0.1, -0.05) is 36.8 Å². The Morgan fingerprint density at radius 3 is 2.64 bits per heavy atom. The lowest BCUT2D eigenvalue weighted by molar-refractivity contribution is -0.129. The zero-order valence-corrected chi connectivity index (χ0v) is 15.1. The zero-order valence-electron chi connectivity index (χ0n) is 15.1. The molecule has 4 nitrogen and oxygen atoms in total. The maximum Gasteiger partial charge on any atom is 0.227 e. The molecule has 25 heavy (non-hydrogen) atoms. The maximum absolute atomic E-state index is 12.8. The molecule has 0 aromatic heterocycles. The molecule has 136 valence electrons. The third-order valence-electron chi connectivity index (χ3n) is 6.28. The van der Waals surface area contributed by atoms with Gasteiger partial charge in [0.1, 0.15) is 0 Å². The first kappa shape index (κ1) is 17.0. The van der Waals surface area contributed by atoms with E-state index in [0.717, 1.165) is 44.7 Å². The predicted octanol–water partition coefficient (Wildman–Crippen LogP) is 2.72. The van der Waals surface area contributed by atoms with Crippen molar-refractivity contribution in [1.29, 1.82) is 0 Å². The van der Waals surface area contributed by atoms with Gasteiger partial charge in [-0.05, 0) is 43.7 Å². The van der Waals surface area contributed by atoms with E-state index in [0.29, 0.717) is 30.3 Å². The zero-order chi connectivity index (χ0) is 17.1. The summed E-state index contributed by atoms with van der Waals surface area (Å²) in [6.07, 6.45) is 6.74. The SMILES string of the molecule is O=C(Cc1ccccc1)N1C[C@@H]2CCCCN(C3CCOCC3)[C@@H]2C1. The van der Waals surface area contributed by atoms with E-state index in [1.54, 1.807) is 0 Å². The molecule has 0 unspecified atom stereocenters. The van der Waals surface area contributed by atoms with E-state index in [9.17, 15) is 4.79 Å². The Kier molecular flexibility index (Phi) is 5.37. The summed E-state index contributed by atoms with van der Waals surface area (Å²) in [6, 6.07) is 11.4. The van der Waals surface area contributed by atoms with Gasteiger partial charge in [-0.25, -0.2) is 0 Å². The number of likely N-dealkylation sites (tertiary alicyclic amines) is 2. The molecule has 4 heteroatoms. The number of rotatable bonds is 3. The monoisotopic (exact) mass is 342 g/mol. The standard InChI is InChI=1S/C21H30N2O2/c24-21(14-17-6-2-1-3-7-17)22-15-18-8-4-5-11-23(20(18)16-22)19-9-12-25-13-10-19/h1-3,6-7,18-20H,4-5,8-16H2/t18-,20+/m0/s1. The van der Waals surface area contributed by atoms with Crippen molar-refractivity contribution in [3.63, 3.8) is 0 Å². The number of ether oxygens (including phenoxy) is 1. The van der Waals surface area contributed by atoms with E-state index in [4.69, 9.17) is 4.74 Å². The Balaban J connectivity index is 1.43. The predicted molar refractivity (Wildman–Crippen MR) is 98.4 cm³/mol. The molecule has 3 fully saturated rings. The van der Waals surface area contributed by atoms with Gasteiger partial charge in [-0.2, -0.15) is 0 Å². The number of hydrogen-bond acceptors (Lipinski definition) is 3. The summed E-state index contributed by atoms with van der Waals surface area (Å²) >= 11 is 0. The molecule has 1 aromatic rings. The Morgan fingerprint density at radius 2 is 1.84 bits per heavy atom. The molecular formula is C21H30N2O2. The van der Waals surface area contributed by atoms with Crippen LogP contribution < -0.4 is 0 Å². The molecule has 0 N–H and O–H groups in total. The Hall–Kier alpha value is -1.39. The summed E-state index contributed by atoms with van der Waals surface area (Å²) in [5.41, 5.74) is 1.13. The molecule has 0 bridgehead atoms. The summed E-state index contributed by atoms with van der Waals surface area (Å²) in [4.78, 5) is 17.7. The van der Waals surface area contributed by atoms with E-state index in [2.05, 4.69) is 21.9 Å². The normalized spacial score (nSPS) is 28.6. The van der Waals surface area contributed by atoms with Crippen LogP contribution in [0.3, 0.4) is 0 Å². The summed E-state index contributed by atoms with van der Waals surface area (Å²) in [5, 5.41) is 0. The van der Waals surface area contributed by atoms with Crippen LogP contribution in [-0.2, 0) is 16.0 Å². The molecule has 1 amide bonds. The lowest BCUT2D eigenvalue weighted by atomic mass is 9.96. The highest BCUT2D eigenvalue weighted by molar-refractivity contribution is 5.79. The molecule has 0 aliphatic carbocycles. The van der Waals surface area contributed by atoms with Crippen LogP contribution in [0.15, 0.2) is 30.3 Å². The van der Waals surface area contributed by atoms with Crippen molar-refractivity contribution in [3.8, 4) is 0 Å². The molecule has 4 rings (SSSR count). The molecule has 0 saturated carbocycles. The van der Waals surface area contributed by atoms with Gasteiger partial charge in [0.05, 0.1) is 6.42 Å². The van der Waals surface area contributed by atoms with Gasteiger partial charge in [0, 0.05) is 38.4 Å². The van der Waals surface area contributed by atoms with Crippen molar-refractivity contribution in [2.45, 2.75) is 50.6 Å². The number of fused-ring (bicyclic) bond motifs is 1. The highest BCUT2D eigenvalue weighted by Crippen LogP contribution is 2.33. The number of carbonyl (C=O) groups is 1. The van der Waals surface area contributed by atoms with Crippen LogP contribution in [0.5, 0.6) is 0 Å². The lowest BCUT2D eigenvalue weighted by Gasteiger charge is -2.39. The number of carbonyl (C=O) groups excluding carboxylic acids is 1. The molecular weight excluding hydrogens is 312 g/mol. The number of hydrogen-bond donors (Lipinski definition) is 0. The Bertz CT molecular complexity index is 571. The van der Waals surface area contributed by atoms with Crippen molar-refractivity contribution in [2.75, 3.05) is 32.8 Å². The van der Waals surface area contributed by atoms with Gasteiger partial charge in [-0.3, -0.25) is 9.69 Å². The van der Waals surface area contributed by atoms with Gasteiger partial charge >= 0.3 is 0 Å². The van der Waals surface area contributed by atoms with Gasteiger partial charge in [0.2, 0.25) is 5.91 Å². The minimum Gasteiger partial charge on any atom is -0.381 e. The second-order valence-corrected chi connectivity index (χ2v) is 7.87. The first-order chi connectivity index (χ1) is 12.3. The van der Waals surface area contributed by atoms with E-state index in [1.165, 1.54) is 25.8 Å². The first-order valence-electron chi connectivity index (χ1n) is 9.96. The number of nitrogens with zero attached hydrogens (tertiary/aromatic N) is 2. The fraction of sp³-hybridized carbons (Fsp3) is 0.667. The van der Waals surface area contributed by atoms with E-state index < -0.39 is 0 Å². The van der Waals surface area contributed by atoms with Crippen LogP contribution in [0.25, 0.3) is 0 Å². The van der Waals surface area contributed by atoms with Crippen LogP contribution in [-0.4, -0.2) is 60.6 Å². The summed E-state index contributed by atoms with van der Waals surface area (Å²) < 4.78 is 5.57. The second-order valence-electron chi connectivity index (χ2n) is 7.87. The quantitative estimate of drug-likeness (QED) is 0.847. The second kappa shape index (κ2) is 7.88. The Labute approximate surface area is 151 Å². The molecule has 3 heterocycles. The van der Waals surface area contributed by atoms with Crippen molar-refractivity contribution in [1.82, 2.24) is 9.80 Å². The summed E-state index contributed by atoms with van der Waals surface area (Å²) in [6.45, 7) is 4.88. The van der Waals surface area contributed by atoms with Gasteiger partial charge in [-0.15, -0.1) is 0 Å². The van der Waals surface area contributed by atoms with Gasteiger partial charge < -0.3 is 9.64 Å². The van der Waals surface area contributed by atoms with Crippen molar-refractivity contribution < 1.29 is 9.53 Å². The number of benzene rings is 1. The van der Waals surface area contributed by atoms with Gasteiger partial charge in [0.15, 0.2) is 0 Å². The van der Waals surface area contributed by atoms with Crippen LogP contribution in [0, 0.1) is 5.92 Å². The minimum absolute atomic E-state index is 0.297. The van der Waals surface area contributed by atoms with Crippen LogP contribution in [0.2, 0.25) is 0 Å². The van der Waals surface area contributed by atoms with Crippen LogP contribution in [0.1, 0.15) is 37.7 Å². The van der Waals surface area contributed by atoms with E-state index in [1.807, 2.05) is 18.2 Å². The fourth-order valence-electron chi connectivity index (χ4n) is 4.94. The van der Waals surface area contributed by atoms with Crippen LogP contribution >= 0.6 is 0 Å². The fourth-order valence-corrected chi connectivity index (χ4v) is 4.94. The first-order valence-corrected chi connectivity index (χ1v) is 9.96. The van der Waals surface area contributed by atoms with E-state index >= 15 is 0 Å². The number of amides is 1. The third-order valence-corrected chi connectivity index (χ3v) is 6.28. The average Bonchev–Trinajstić information content (AvgIpc) is 2.98. The third kappa shape index (κ3) is 3.90. The molecule has 1 aromatic carbocycles. The smallest absolute Gasteiger partial charge is 0.227 e. The molecule has 0 spiro atoms. The lowest BCUT2D eigenvalue weighted by Crippen LogP contribution is -2.49. The minimum atomic E-state index is 0.297. The molecule has 0 radical (unpaired) electrons. The molecule has 3 saturated heterocycles. The summed E-state index contributed by atoms with van der Waals surface area (Å²) in [7, 11) is 0. The molecule has 2 atom stereocenters. The largest absolute Gasteiger partial charge is 0.381 e. The highest BCUT2D eigenvalue weighted by atomic mass is 16.5. The average molecular weight is 342 g/mol.